The number of aliphatic hydroxyl groups excluding tert-OH is 1. The summed E-state index contributed by atoms with van der Waals surface area (Å²) >= 11 is 6.27. The average molecular weight is 456 g/mol. The topological polar surface area (TPSA) is 65.5 Å². The van der Waals surface area contributed by atoms with Gasteiger partial charge in [0.2, 0.25) is 0 Å². The van der Waals surface area contributed by atoms with Crippen LogP contribution in [-0.2, 0) is 6.18 Å². The van der Waals surface area contributed by atoms with E-state index in [1.807, 2.05) is 19.9 Å². The van der Waals surface area contributed by atoms with Gasteiger partial charge >= 0.3 is 12.2 Å². The summed E-state index contributed by atoms with van der Waals surface area (Å²) in [5, 5.41) is 12.6. The molecule has 31 heavy (non-hydrogen) atoms. The van der Waals surface area contributed by atoms with Gasteiger partial charge in [0.1, 0.15) is 0 Å². The van der Waals surface area contributed by atoms with Gasteiger partial charge in [-0.3, -0.25) is 4.98 Å². The number of alkyl halides is 3. The molecule has 5 nitrogen and oxygen atoms in total. The Hall–Kier alpha value is -2.58. The van der Waals surface area contributed by atoms with Gasteiger partial charge in [-0.05, 0) is 49.2 Å². The molecule has 1 aromatic heterocycles. The number of amides is 2. The largest absolute Gasteiger partial charge is 0.416 e. The number of hydrogen-bond acceptors (Lipinski definition) is 3. The third-order valence-electron chi connectivity index (χ3n) is 4.61. The van der Waals surface area contributed by atoms with E-state index in [0.717, 1.165) is 17.7 Å². The Morgan fingerprint density at radius 2 is 1.90 bits per heavy atom. The fourth-order valence-corrected chi connectivity index (χ4v) is 3.23. The van der Waals surface area contributed by atoms with Gasteiger partial charge in [0.15, 0.2) is 0 Å². The molecule has 0 fully saturated rings. The van der Waals surface area contributed by atoms with Crippen molar-refractivity contribution < 1.29 is 23.1 Å². The second kappa shape index (κ2) is 10.6. The predicted molar refractivity (Wildman–Crippen MR) is 116 cm³/mol. The molecule has 2 N–H and O–H groups in total. The molecular formula is C22H25ClF3N3O2. The number of anilines is 1. The van der Waals surface area contributed by atoms with Crippen LogP contribution in [0.1, 0.15) is 50.1 Å². The van der Waals surface area contributed by atoms with Crippen LogP contribution in [0.15, 0.2) is 42.6 Å². The van der Waals surface area contributed by atoms with Crippen molar-refractivity contribution in [2.24, 2.45) is 0 Å². The SMILES string of the molecule is CC.CC(O)c1cnc(C2=CCN(C(=O)Nc3ccc(C(F)(F)F)cc3)CC2)c(Cl)c1. The Morgan fingerprint density at radius 3 is 2.39 bits per heavy atom. The summed E-state index contributed by atoms with van der Waals surface area (Å²) in [4.78, 5) is 18.2. The summed E-state index contributed by atoms with van der Waals surface area (Å²) in [6, 6.07) is 5.56. The second-order valence-corrected chi connectivity index (χ2v) is 7.11. The normalized spacial score (nSPS) is 14.8. The Bertz CT molecular complexity index is 929. The number of pyridine rings is 1. The van der Waals surface area contributed by atoms with Crippen LogP contribution < -0.4 is 5.32 Å². The molecule has 0 aliphatic carbocycles. The molecule has 3 rings (SSSR count). The fraction of sp³-hybridized carbons (Fsp3) is 0.364. The first-order valence-corrected chi connectivity index (χ1v) is 10.3. The standard InChI is InChI=1S/C20H19ClF3N3O2.C2H6/c1-12(28)14-10-17(21)18(25-11-14)13-6-8-27(9-7-13)19(29)26-16-4-2-15(3-5-16)20(22,23)24;1-2/h2-6,10-12,28H,7-9H2,1H3,(H,26,29);1-2H3. The van der Waals surface area contributed by atoms with Gasteiger partial charge in [-0.1, -0.05) is 31.5 Å². The lowest BCUT2D eigenvalue weighted by atomic mass is 10.0. The number of aliphatic hydroxyl groups is 1. The van der Waals surface area contributed by atoms with E-state index in [4.69, 9.17) is 11.6 Å². The minimum absolute atomic E-state index is 0.288. The lowest BCUT2D eigenvalue weighted by Gasteiger charge is -2.27. The lowest BCUT2D eigenvalue weighted by Crippen LogP contribution is -2.38. The number of benzene rings is 1. The highest BCUT2D eigenvalue weighted by Gasteiger charge is 2.30. The van der Waals surface area contributed by atoms with Crippen LogP contribution in [0.4, 0.5) is 23.7 Å². The van der Waals surface area contributed by atoms with Crippen molar-refractivity contribution >= 4 is 28.9 Å². The number of halogens is 4. The molecule has 168 valence electrons. The van der Waals surface area contributed by atoms with Crippen molar-refractivity contribution in [2.75, 3.05) is 18.4 Å². The molecule has 0 radical (unpaired) electrons. The summed E-state index contributed by atoms with van der Waals surface area (Å²) in [5.41, 5.74) is 1.64. The Balaban J connectivity index is 0.00000166. The van der Waals surface area contributed by atoms with Crippen LogP contribution in [0, 0.1) is 0 Å². The van der Waals surface area contributed by atoms with E-state index in [9.17, 15) is 23.1 Å². The molecule has 2 amide bonds. The van der Waals surface area contributed by atoms with Gasteiger partial charge in [-0.25, -0.2) is 4.79 Å². The first-order chi connectivity index (χ1) is 14.6. The molecule has 1 aromatic carbocycles. The highest BCUT2D eigenvalue weighted by atomic mass is 35.5. The minimum atomic E-state index is -4.42. The average Bonchev–Trinajstić information content (AvgIpc) is 2.75. The molecule has 1 atom stereocenters. The number of urea groups is 1. The first-order valence-electron chi connectivity index (χ1n) is 9.91. The lowest BCUT2D eigenvalue weighted by molar-refractivity contribution is -0.137. The molecule has 9 heteroatoms. The van der Waals surface area contributed by atoms with Gasteiger partial charge in [0, 0.05) is 30.5 Å². The van der Waals surface area contributed by atoms with Gasteiger partial charge in [0.25, 0.3) is 0 Å². The van der Waals surface area contributed by atoms with Crippen LogP contribution in [0.3, 0.4) is 0 Å². The maximum atomic E-state index is 12.6. The number of hydrogen-bond donors (Lipinski definition) is 2. The Kier molecular flexibility index (Phi) is 8.47. The van der Waals surface area contributed by atoms with Crippen LogP contribution in [0.25, 0.3) is 5.57 Å². The van der Waals surface area contributed by atoms with Gasteiger partial charge in [-0.15, -0.1) is 0 Å². The third kappa shape index (κ3) is 6.45. The molecule has 0 saturated heterocycles. The van der Waals surface area contributed by atoms with Crippen LogP contribution in [0.2, 0.25) is 5.02 Å². The third-order valence-corrected chi connectivity index (χ3v) is 4.90. The van der Waals surface area contributed by atoms with E-state index in [-0.39, 0.29) is 5.69 Å². The molecule has 2 heterocycles. The van der Waals surface area contributed by atoms with E-state index >= 15 is 0 Å². The van der Waals surface area contributed by atoms with Crippen molar-refractivity contribution in [3.63, 3.8) is 0 Å². The summed E-state index contributed by atoms with van der Waals surface area (Å²) in [6.45, 7) is 6.35. The van der Waals surface area contributed by atoms with Gasteiger partial charge < -0.3 is 15.3 Å². The number of rotatable bonds is 3. The van der Waals surface area contributed by atoms with Crippen LogP contribution >= 0.6 is 11.6 Å². The second-order valence-electron chi connectivity index (χ2n) is 6.71. The zero-order chi connectivity index (χ0) is 23.2. The number of carbonyl (C=O) groups excluding carboxylic acids is 1. The van der Waals surface area contributed by atoms with Gasteiger partial charge in [-0.2, -0.15) is 13.2 Å². The van der Waals surface area contributed by atoms with E-state index < -0.39 is 23.9 Å². The smallest absolute Gasteiger partial charge is 0.389 e. The minimum Gasteiger partial charge on any atom is -0.389 e. The maximum Gasteiger partial charge on any atom is 0.416 e. The van der Waals surface area contributed by atoms with Crippen LogP contribution in [-0.4, -0.2) is 34.1 Å². The van der Waals surface area contributed by atoms with Crippen molar-refractivity contribution in [1.29, 1.82) is 0 Å². The first kappa shape index (κ1) is 24.7. The number of nitrogens with one attached hydrogen (secondary N) is 1. The zero-order valence-electron chi connectivity index (χ0n) is 17.5. The highest BCUT2D eigenvalue weighted by Crippen LogP contribution is 2.31. The molecule has 0 bridgehead atoms. The fourth-order valence-electron chi connectivity index (χ4n) is 2.93. The summed E-state index contributed by atoms with van der Waals surface area (Å²) in [7, 11) is 0. The van der Waals surface area contributed by atoms with E-state index in [1.165, 1.54) is 12.1 Å². The summed E-state index contributed by atoms with van der Waals surface area (Å²) in [5.74, 6) is 0. The quantitative estimate of drug-likeness (QED) is 0.583. The Morgan fingerprint density at radius 1 is 1.26 bits per heavy atom. The number of nitrogens with zero attached hydrogens (tertiary/aromatic N) is 2. The number of carbonyl (C=O) groups is 1. The molecule has 2 aromatic rings. The molecule has 0 saturated carbocycles. The summed E-state index contributed by atoms with van der Waals surface area (Å²) < 4.78 is 37.8. The highest BCUT2D eigenvalue weighted by molar-refractivity contribution is 6.32. The zero-order valence-corrected chi connectivity index (χ0v) is 18.3. The maximum absolute atomic E-state index is 12.6. The van der Waals surface area contributed by atoms with Crippen LogP contribution in [0.5, 0.6) is 0 Å². The number of aromatic nitrogens is 1. The molecule has 1 aliphatic rings. The molecule has 1 aliphatic heterocycles. The van der Waals surface area contributed by atoms with E-state index in [2.05, 4.69) is 10.3 Å². The summed E-state index contributed by atoms with van der Waals surface area (Å²) in [6.07, 6.45) is -1.15. The van der Waals surface area contributed by atoms with E-state index in [1.54, 1.807) is 24.1 Å². The monoisotopic (exact) mass is 455 g/mol. The van der Waals surface area contributed by atoms with Crippen molar-refractivity contribution in [2.45, 2.75) is 39.5 Å². The molecule has 0 spiro atoms. The predicted octanol–water partition coefficient (Wildman–Crippen LogP) is 6.15. The molecule has 1 unspecified atom stereocenters. The van der Waals surface area contributed by atoms with E-state index in [0.29, 0.717) is 35.8 Å². The van der Waals surface area contributed by atoms with Crippen molar-refractivity contribution in [3.8, 4) is 0 Å². The van der Waals surface area contributed by atoms with Crippen molar-refractivity contribution in [1.82, 2.24) is 9.88 Å². The Labute approximate surface area is 184 Å². The van der Waals surface area contributed by atoms with Gasteiger partial charge in [0.05, 0.1) is 22.4 Å². The molecular weight excluding hydrogens is 431 g/mol. The van der Waals surface area contributed by atoms with Crippen molar-refractivity contribution in [3.05, 3.63) is 64.4 Å².